The van der Waals surface area contributed by atoms with Gasteiger partial charge in [0.05, 0.1) is 30.2 Å². The SMILES string of the molecule is [C-]#[N+]c1ccc(/N=N/c2ccc(N(CC)CCOC(=O)C(C)(CC)CC(C)(C)C(=O)OC)cc2)cn1. The second-order valence-electron chi connectivity index (χ2n) is 9.38. The molecule has 0 aliphatic carbocycles. The average Bonchev–Trinajstić information content (AvgIpc) is 2.89. The Morgan fingerprint density at radius 1 is 1.03 bits per heavy atom. The number of carbonyl (C=O) groups is 2. The predicted molar refractivity (Wildman–Crippen MR) is 139 cm³/mol. The lowest BCUT2D eigenvalue weighted by Gasteiger charge is -2.33. The lowest BCUT2D eigenvalue weighted by atomic mass is 9.72. The summed E-state index contributed by atoms with van der Waals surface area (Å²) in [5.74, 6) is -0.342. The van der Waals surface area contributed by atoms with Crippen LogP contribution in [-0.2, 0) is 19.1 Å². The van der Waals surface area contributed by atoms with E-state index < -0.39 is 10.8 Å². The monoisotopic (exact) mass is 493 g/mol. The summed E-state index contributed by atoms with van der Waals surface area (Å²) < 4.78 is 10.5. The summed E-state index contributed by atoms with van der Waals surface area (Å²) in [5.41, 5.74) is 0.651. The van der Waals surface area contributed by atoms with Gasteiger partial charge in [0.25, 0.3) is 5.82 Å². The highest BCUT2D eigenvalue weighted by molar-refractivity contribution is 5.80. The Morgan fingerprint density at radius 2 is 1.67 bits per heavy atom. The molecule has 1 atom stereocenters. The highest BCUT2D eigenvalue weighted by atomic mass is 16.5. The van der Waals surface area contributed by atoms with Gasteiger partial charge in [-0.3, -0.25) is 9.59 Å². The van der Waals surface area contributed by atoms with Crippen LogP contribution >= 0.6 is 0 Å². The van der Waals surface area contributed by atoms with Gasteiger partial charge in [-0.05, 0) is 76.9 Å². The van der Waals surface area contributed by atoms with E-state index in [1.165, 1.54) is 13.3 Å². The molecule has 1 aromatic carbocycles. The fourth-order valence-electron chi connectivity index (χ4n) is 3.91. The van der Waals surface area contributed by atoms with E-state index in [1.54, 1.807) is 26.0 Å². The first-order valence-corrected chi connectivity index (χ1v) is 11.9. The number of methoxy groups -OCH3 is 1. The van der Waals surface area contributed by atoms with Crippen LogP contribution in [0.3, 0.4) is 0 Å². The molecule has 9 nitrogen and oxygen atoms in total. The maximum atomic E-state index is 12.9. The van der Waals surface area contributed by atoms with Crippen molar-refractivity contribution < 1.29 is 19.1 Å². The smallest absolute Gasteiger partial charge is 0.311 e. The Hall–Kier alpha value is -3.80. The van der Waals surface area contributed by atoms with Gasteiger partial charge in [-0.1, -0.05) is 13.5 Å². The Kier molecular flexibility index (Phi) is 10.1. The van der Waals surface area contributed by atoms with E-state index in [0.29, 0.717) is 36.6 Å². The lowest BCUT2D eigenvalue weighted by molar-refractivity contribution is -0.161. The molecule has 1 heterocycles. The van der Waals surface area contributed by atoms with Crippen LogP contribution < -0.4 is 4.90 Å². The highest BCUT2D eigenvalue weighted by Gasteiger charge is 2.42. The molecule has 1 unspecified atom stereocenters. The zero-order valence-corrected chi connectivity index (χ0v) is 21.9. The van der Waals surface area contributed by atoms with Crippen molar-refractivity contribution in [3.63, 3.8) is 0 Å². The zero-order chi connectivity index (χ0) is 26.8. The van der Waals surface area contributed by atoms with E-state index in [1.807, 2.05) is 45.0 Å². The summed E-state index contributed by atoms with van der Waals surface area (Å²) in [6.45, 7) is 17.8. The topological polar surface area (TPSA) is 97.8 Å². The third-order valence-corrected chi connectivity index (χ3v) is 6.16. The second kappa shape index (κ2) is 12.8. The van der Waals surface area contributed by atoms with Crippen LogP contribution in [0.5, 0.6) is 0 Å². The molecule has 2 rings (SSSR count). The summed E-state index contributed by atoms with van der Waals surface area (Å²) in [4.78, 5) is 34.4. The molecule has 0 saturated carbocycles. The van der Waals surface area contributed by atoms with Crippen LogP contribution in [0.2, 0.25) is 0 Å². The van der Waals surface area contributed by atoms with Crippen LogP contribution in [0.1, 0.15) is 47.5 Å². The first kappa shape index (κ1) is 28.4. The Labute approximate surface area is 213 Å². The minimum atomic E-state index is -0.787. The standard InChI is InChI=1S/C27H35N5O4/c1-8-27(5,19-26(3,4)24(33)35-7)25(34)36-17-16-32(9-2)22-13-10-20(11-14-22)30-31-21-12-15-23(28-6)29-18-21/h10-15,18H,8-9,16-17,19H2,1-5,7H3/b31-30+. The number of ether oxygens (including phenoxy) is 2. The van der Waals surface area contributed by atoms with Crippen molar-refractivity contribution in [3.8, 4) is 0 Å². The van der Waals surface area contributed by atoms with E-state index >= 15 is 0 Å². The Bertz CT molecular complexity index is 1090. The molecule has 36 heavy (non-hydrogen) atoms. The van der Waals surface area contributed by atoms with Crippen LogP contribution in [0.4, 0.5) is 22.9 Å². The molecule has 0 radical (unpaired) electrons. The van der Waals surface area contributed by atoms with Crippen molar-refractivity contribution in [2.45, 2.75) is 47.5 Å². The summed E-state index contributed by atoms with van der Waals surface area (Å²) in [6.07, 6.45) is 2.40. The quantitative estimate of drug-likeness (QED) is 0.192. The fraction of sp³-hybridized carbons (Fsp3) is 0.481. The first-order chi connectivity index (χ1) is 17.1. The van der Waals surface area contributed by atoms with Crippen molar-refractivity contribution in [2.75, 3.05) is 31.7 Å². The van der Waals surface area contributed by atoms with Crippen molar-refractivity contribution in [2.24, 2.45) is 21.1 Å². The molecule has 192 valence electrons. The maximum Gasteiger partial charge on any atom is 0.311 e. The molecule has 0 bridgehead atoms. The summed E-state index contributed by atoms with van der Waals surface area (Å²) in [6, 6.07) is 10.9. The van der Waals surface area contributed by atoms with Crippen LogP contribution in [0.25, 0.3) is 4.85 Å². The third kappa shape index (κ3) is 7.60. The van der Waals surface area contributed by atoms with Crippen LogP contribution in [0, 0.1) is 17.4 Å². The number of carbonyl (C=O) groups excluding carboxylic acids is 2. The van der Waals surface area contributed by atoms with Gasteiger partial charge in [0, 0.05) is 12.2 Å². The second-order valence-corrected chi connectivity index (χ2v) is 9.38. The molecule has 9 heteroatoms. The third-order valence-electron chi connectivity index (χ3n) is 6.16. The van der Waals surface area contributed by atoms with E-state index in [9.17, 15) is 9.59 Å². The zero-order valence-electron chi connectivity index (χ0n) is 21.9. The predicted octanol–water partition coefficient (Wildman–Crippen LogP) is 6.42. The van der Waals surface area contributed by atoms with Crippen molar-refractivity contribution in [3.05, 3.63) is 54.0 Å². The summed E-state index contributed by atoms with van der Waals surface area (Å²) >= 11 is 0. The Morgan fingerprint density at radius 3 is 2.19 bits per heavy atom. The molecule has 0 aliphatic heterocycles. The number of aromatic nitrogens is 1. The average molecular weight is 494 g/mol. The van der Waals surface area contributed by atoms with Gasteiger partial charge >= 0.3 is 11.9 Å². The number of hydrogen-bond acceptors (Lipinski definition) is 8. The molecule has 0 aliphatic rings. The van der Waals surface area contributed by atoms with Gasteiger partial charge in [-0.25, -0.2) is 0 Å². The van der Waals surface area contributed by atoms with Crippen LogP contribution in [-0.4, -0.2) is 43.7 Å². The van der Waals surface area contributed by atoms with Crippen LogP contribution in [0.15, 0.2) is 52.8 Å². The number of hydrogen-bond donors (Lipinski definition) is 0. The Balaban J connectivity index is 1.96. The number of anilines is 1. The maximum absolute atomic E-state index is 12.9. The number of benzene rings is 1. The molecule has 1 aromatic heterocycles. The van der Waals surface area contributed by atoms with Gasteiger partial charge in [-0.15, -0.1) is 10.1 Å². The van der Waals surface area contributed by atoms with Gasteiger partial charge in [0.15, 0.2) is 0 Å². The lowest BCUT2D eigenvalue weighted by Crippen LogP contribution is -2.39. The minimum absolute atomic E-state index is 0.232. The van der Waals surface area contributed by atoms with Gasteiger partial charge in [-0.2, -0.15) is 5.11 Å². The molecule has 0 fully saturated rings. The van der Waals surface area contributed by atoms with Crippen molar-refractivity contribution in [1.29, 1.82) is 0 Å². The van der Waals surface area contributed by atoms with E-state index in [-0.39, 0.29) is 18.5 Å². The molecule has 0 amide bonds. The molecular formula is C27H35N5O4. The van der Waals surface area contributed by atoms with Gasteiger partial charge in [0.2, 0.25) is 0 Å². The first-order valence-electron chi connectivity index (χ1n) is 11.9. The molecule has 0 spiro atoms. The van der Waals surface area contributed by atoms with Gasteiger partial charge in [0.1, 0.15) is 18.5 Å². The molecule has 0 N–H and O–H groups in total. The minimum Gasteiger partial charge on any atom is -0.469 e. The summed E-state index contributed by atoms with van der Waals surface area (Å²) in [5, 5.41) is 8.36. The van der Waals surface area contributed by atoms with Gasteiger partial charge < -0.3 is 19.2 Å². The largest absolute Gasteiger partial charge is 0.469 e. The molecule has 0 saturated heterocycles. The normalized spacial score (nSPS) is 13.0. The fourth-order valence-corrected chi connectivity index (χ4v) is 3.91. The molecular weight excluding hydrogens is 458 g/mol. The van der Waals surface area contributed by atoms with E-state index in [4.69, 9.17) is 16.0 Å². The number of pyridine rings is 1. The number of rotatable bonds is 12. The number of likely N-dealkylation sites (N-methyl/N-ethyl adjacent to an activating group) is 1. The van der Waals surface area contributed by atoms with Crippen molar-refractivity contribution in [1.82, 2.24) is 4.98 Å². The number of azo groups is 1. The highest BCUT2D eigenvalue weighted by Crippen LogP contribution is 2.38. The van der Waals surface area contributed by atoms with Crippen molar-refractivity contribution >= 4 is 34.8 Å². The number of esters is 2. The summed E-state index contributed by atoms with van der Waals surface area (Å²) in [7, 11) is 1.36. The van der Waals surface area contributed by atoms with E-state index in [0.717, 1.165) is 12.2 Å². The molecule has 2 aromatic rings. The van der Waals surface area contributed by atoms with E-state index in [2.05, 4.69) is 25.0 Å². The number of nitrogens with zero attached hydrogens (tertiary/aromatic N) is 5.